The summed E-state index contributed by atoms with van der Waals surface area (Å²) in [6.45, 7) is 0.0947. The number of hydrogen-bond acceptors (Lipinski definition) is 3. The molecule has 2 rings (SSSR count). The van der Waals surface area contributed by atoms with Crippen LogP contribution in [-0.4, -0.2) is 24.8 Å². The van der Waals surface area contributed by atoms with E-state index in [0.29, 0.717) is 15.6 Å². The fourth-order valence-corrected chi connectivity index (χ4v) is 3.30. The number of hydrogen-bond donors (Lipinski definition) is 1. The van der Waals surface area contributed by atoms with E-state index < -0.39 is 10.0 Å². The molecule has 0 radical (unpaired) electrons. The van der Waals surface area contributed by atoms with Gasteiger partial charge in [-0.2, -0.15) is 4.31 Å². The number of rotatable bonds is 4. The van der Waals surface area contributed by atoms with Gasteiger partial charge in [-0.05, 0) is 23.8 Å². The fraction of sp³-hybridized carbons (Fsp3) is 0.154. The summed E-state index contributed by atoms with van der Waals surface area (Å²) in [5, 5.41) is 0.876. The monoisotopic (exact) mass is 346 g/mol. The second kappa shape index (κ2) is 6.19. The number of aromatic amines is 1. The Morgan fingerprint density at radius 2 is 1.90 bits per heavy atom. The summed E-state index contributed by atoms with van der Waals surface area (Å²) in [7, 11) is -2.27. The highest BCUT2D eigenvalue weighted by molar-refractivity contribution is 7.89. The molecule has 0 unspecified atom stereocenters. The van der Waals surface area contributed by atoms with Gasteiger partial charge in [0.15, 0.2) is 0 Å². The SMILES string of the molecule is CN(Cc1ccc(Cl)cc1Cl)S(=O)(=O)c1ccc(=O)[nH]c1. The minimum absolute atomic E-state index is 0.00897. The van der Waals surface area contributed by atoms with E-state index in [0.717, 1.165) is 16.6 Å². The molecule has 112 valence electrons. The fourth-order valence-electron chi connectivity index (χ4n) is 1.71. The van der Waals surface area contributed by atoms with E-state index in [1.54, 1.807) is 18.2 Å². The number of nitrogens with one attached hydrogen (secondary N) is 1. The molecule has 0 aliphatic rings. The molecule has 0 spiro atoms. The van der Waals surface area contributed by atoms with Crippen molar-refractivity contribution in [1.82, 2.24) is 9.29 Å². The lowest BCUT2D eigenvalue weighted by Gasteiger charge is -2.17. The maximum Gasteiger partial charge on any atom is 0.247 e. The summed E-state index contributed by atoms with van der Waals surface area (Å²) in [6.07, 6.45) is 1.16. The maximum absolute atomic E-state index is 12.4. The number of nitrogens with zero attached hydrogens (tertiary/aromatic N) is 1. The van der Waals surface area contributed by atoms with Crippen LogP contribution < -0.4 is 5.56 Å². The highest BCUT2D eigenvalue weighted by Crippen LogP contribution is 2.23. The number of aromatic nitrogens is 1. The molecule has 1 heterocycles. The van der Waals surface area contributed by atoms with Gasteiger partial charge in [0.2, 0.25) is 15.6 Å². The molecule has 2 aromatic rings. The van der Waals surface area contributed by atoms with Gasteiger partial charge >= 0.3 is 0 Å². The molecule has 0 saturated heterocycles. The molecule has 8 heteroatoms. The Morgan fingerprint density at radius 1 is 1.19 bits per heavy atom. The summed E-state index contributed by atoms with van der Waals surface area (Å²) in [5.74, 6) is 0. The zero-order chi connectivity index (χ0) is 15.6. The van der Waals surface area contributed by atoms with E-state index in [1.165, 1.54) is 13.1 Å². The standard InChI is InChI=1S/C13H12Cl2N2O3S/c1-17(8-9-2-3-10(14)6-12(9)15)21(19,20)11-4-5-13(18)16-7-11/h2-7H,8H2,1H3,(H,16,18). The van der Waals surface area contributed by atoms with Crippen molar-refractivity contribution >= 4 is 33.2 Å². The average Bonchev–Trinajstić information content (AvgIpc) is 2.42. The summed E-state index contributed by atoms with van der Waals surface area (Å²) in [4.78, 5) is 13.3. The van der Waals surface area contributed by atoms with Crippen molar-refractivity contribution in [3.63, 3.8) is 0 Å². The molecule has 0 amide bonds. The molecule has 1 aromatic carbocycles. The number of halogens is 2. The van der Waals surface area contributed by atoms with Crippen LogP contribution in [-0.2, 0) is 16.6 Å². The van der Waals surface area contributed by atoms with E-state index in [1.807, 2.05) is 0 Å². The lowest BCUT2D eigenvalue weighted by Crippen LogP contribution is -2.27. The van der Waals surface area contributed by atoms with Crippen molar-refractivity contribution < 1.29 is 8.42 Å². The van der Waals surface area contributed by atoms with Crippen molar-refractivity contribution in [3.8, 4) is 0 Å². The molecule has 1 N–H and O–H groups in total. The third-order valence-corrected chi connectivity index (χ3v) is 5.26. The first kappa shape index (κ1) is 16.0. The average molecular weight is 347 g/mol. The maximum atomic E-state index is 12.4. The van der Waals surface area contributed by atoms with E-state index in [4.69, 9.17) is 23.2 Å². The number of sulfonamides is 1. The Balaban J connectivity index is 2.28. The largest absolute Gasteiger partial charge is 0.328 e. The number of H-pyrrole nitrogens is 1. The summed E-state index contributed by atoms with van der Waals surface area (Å²) < 4.78 is 25.9. The van der Waals surface area contributed by atoms with Gasteiger partial charge in [0, 0.05) is 35.9 Å². The Kier molecular flexibility index (Phi) is 4.73. The van der Waals surface area contributed by atoms with E-state index >= 15 is 0 Å². The molecular weight excluding hydrogens is 335 g/mol. The Morgan fingerprint density at radius 3 is 2.48 bits per heavy atom. The van der Waals surface area contributed by atoms with Crippen LogP contribution in [0.3, 0.4) is 0 Å². The highest BCUT2D eigenvalue weighted by atomic mass is 35.5. The second-order valence-electron chi connectivity index (χ2n) is 4.39. The molecular formula is C13H12Cl2N2O3S. The van der Waals surface area contributed by atoms with Crippen molar-refractivity contribution in [1.29, 1.82) is 0 Å². The minimum atomic E-state index is -3.71. The van der Waals surface area contributed by atoms with Crippen LogP contribution in [0.4, 0.5) is 0 Å². The molecule has 0 bridgehead atoms. The second-order valence-corrected chi connectivity index (χ2v) is 7.27. The first-order chi connectivity index (χ1) is 9.80. The van der Waals surface area contributed by atoms with Crippen molar-refractivity contribution in [3.05, 3.63) is 62.5 Å². The van der Waals surface area contributed by atoms with Crippen LogP contribution in [0.2, 0.25) is 10.0 Å². The minimum Gasteiger partial charge on any atom is -0.328 e. The van der Waals surface area contributed by atoms with Crippen LogP contribution in [0.15, 0.2) is 46.2 Å². The van der Waals surface area contributed by atoms with Crippen molar-refractivity contribution in [2.75, 3.05) is 7.05 Å². The first-order valence-corrected chi connectivity index (χ1v) is 8.09. The third-order valence-electron chi connectivity index (χ3n) is 2.87. The molecule has 0 atom stereocenters. The van der Waals surface area contributed by atoms with Gasteiger partial charge < -0.3 is 4.98 Å². The van der Waals surface area contributed by atoms with Gasteiger partial charge in [0.05, 0.1) is 4.90 Å². The van der Waals surface area contributed by atoms with Gasteiger partial charge in [-0.1, -0.05) is 29.3 Å². The van der Waals surface area contributed by atoms with Crippen LogP contribution in [0, 0.1) is 0 Å². The molecule has 0 fully saturated rings. The summed E-state index contributed by atoms with van der Waals surface area (Å²) in [6, 6.07) is 7.29. The quantitative estimate of drug-likeness (QED) is 0.924. The van der Waals surface area contributed by atoms with Gasteiger partial charge in [0.25, 0.3) is 0 Å². The number of benzene rings is 1. The molecule has 0 aliphatic carbocycles. The predicted molar refractivity (Wildman–Crippen MR) is 82.2 cm³/mol. The van der Waals surface area contributed by atoms with Gasteiger partial charge in [0.1, 0.15) is 0 Å². The predicted octanol–water partition coefficient (Wildman–Crippen LogP) is 2.50. The lowest BCUT2D eigenvalue weighted by molar-refractivity contribution is 0.466. The van der Waals surface area contributed by atoms with E-state index in [9.17, 15) is 13.2 Å². The normalized spacial score (nSPS) is 11.8. The molecule has 21 heavy (non-hydrogen) atoms. The van der Waals surface area contributed by atoms with Crippen LogP contribution >= 0.6 is 23.2 Å². The van der Waals surface area contributed by atoms with E-state index in [2.05, 4.69) is 4.98 Å². The smallest absolute Gasteiger partial charge is 0.247 e. The molecule has 0 saturated carbocycles. The van der Waals surface area contributed by atoms with Gasteiger partial charge in [-0.25, -0.2) is 8.42 Å². The number of pyridine rings is 1. The Hall–Kier alpha value is -1.34. The van der Waals surface area contributed by atoms with Crippen molar-refractivity contribution in [2.24, 2.45) is 0 Å². The van der Waals surface area contributed by atoms with E-state index in [-0.39, 0.29) is 17.0 Å². The summed E-state index contributed by atoms with van der Waals surface area (Å²) >= 11 is 11.8. The summed E-state index contributed by atoms with van der Waals surface area (Å²) in [5.41, 5.74) is 0.272. The Bertz CT molecular complexity index is 798. The molecule has 0 aliphatic heterocycles. The van der Waals surface area contributed by atoms with Crippen LogP contribution in [0.1, 0.15) is 5.56 Å². The van der Waals surface area contributed by atoms with Gasteiger partial charge in [-0.15, -0.1) is 0 Å². The Labute approximate surface area is 132 Å². The zero-order valence-electron chi connectivity index (χ0n) is 11.0. The highest BCUT2D eigenvalue weighted by Gasteiger charge is 2.21. The lowest BCUT2D eigenvalue weighted by atomic mass is 10.2. The zero-order valence-corrected chi connectivity index (χ0v) is 13.3. The van der Waals surface area contributed by atoms with Crippen LogP contribution in [0.25, 0.3) is 0 Å². The molecule has 1 aromatic heterocycles. The van der Waals surface area contributed by atoms with Crippen molar-refractivity contribution in [2.45, 2.75) is 11.4 Å². The van der Waals surface area contributed by atoms with Gasteiger partial charge in [-0.3, -0.25) is 4.79 Å². The molecule has 5 nitrogen and oxygen atoms in total. The first-order valence-electron chi connectivity index (χ1n) is 5.90. The third kappa shape index (κ3) is 3.65. The topological polar surface area (TPSA) is 70.2 Å². The van der Waals surface area contributed by atoms with Crippen LogP contribution in [0.5, 0.6) is 0 Å².